The lowest BCUT2D eigenvalue weighted by atomic mass is 10.0. The number of nitrogens with zero attached hydrogens (tertiary/aromatic N) is 1. The summed E-state index contributed by atoms with van der Waals surface area (Å²) in [5.74, 6) is 1.48. The molecular weight excluding hydrogens is 312 g/mol. The first kappa shape index (κ1) is 17.6. The van der Waals surface area contributed by atoms with E-state index in [9.17, 15) is 4.79 Å². The van der Waals surface area contributed by atoms with Gasteiger partial charge < -0.3 is 15.0 Å². The molecule has 0 saturated carbocycles. The maximum Gasteiger partial charge on any atom is 0.254 e. The van der Waals surface area contributed by atoms with Gasteiger partial charge in [0.25, 0.3) is 5.91 Å². The van der Waals surface area contributed by atoms with Crippen molar-refractivity contribution in [2.75, 3.05) is 33.8 Å². The summed E-state index contributed by atoms with van der Waals surface area (Å²) in [7, 11) is 3.62. The summed E-state index contributed by atoms with van der Waals surface area (Å²) in [5.41, 5.74) is 0.765. The van der Waals surface area contributed by atoms with E-state index in [1.54, 1.807) is 7.11 Å². The second kappa shape index (κ2) is 7.66. The molecule has 1 aliphatic rings. The second-order valence-electron chi connectivity index (χ2n) is 5.82. The normalized spacial score (nSPS) is 17.1. The van der Waals surface area contributed by atoms with Gasteiger partial charge in [-0.05, 0) is 43.5 Å². The lowest BCUT2D eigenvalue weighted by molar-refractivity contribution is 0.0789. The van der Waals surface area contributed by atoms with Crippen molar-refractivity contribution >= 4 is 29.1 Å². The van der Waals surface area contributed by atoms with Crippen LogP contribution in [0.25, 0.3) is 10.8 Å². The number of carbonyl (C=O) groups is 1. The highest BCUT2D eigenvalue weighted by atomic mass is 35.5. The number of benzene rings is 2. The first-order valence-electron chi connectivity index (χ1n) is 7.74. The number of rotatable bonds is 4. The number of hydrogen-bond donors (Lipinski definition) is 1. The van der Waals surface area contributed by atoms with Gasteiger partial charge >= 0.3 is 0 Å². The van der Waals surface area contributed by atoms with Crippen LogP contribution in [0.4, 0.5) is 0 Å². The molecule has 0 aliphatic carbocycles. The predicted octanol–water partition coefficient (Wildman–Crippen LogP) is 2.95. The Hall–Kier alpha value is -1.78. The molecule has 4 nitrogen and oxygen atoms in total. The molecule has 0 aromatic heterocycles. The minimum absolute atomic E-state index is 0. The van der Waals surface area contributed by atoms with E-state index in [0.717, 1.165) is 48.1 Å². The van der Waals surface area contributed by atoms with Crippen molar-refractivity contribution < 1.29 is 9.53 Å². The fourth-order valence-corrected chi connectivity index (χ4v) is 3.28. The van der Waals surface area contributed by atoms with Crippen molar-refractivity contribution in [3.8, 4) is 5.75 Å². The van der Waals surface area contributed by atoms with E-state index in [-0.39, 0.29) is 18.3 Å². The SMILES string of the molecule is CNCC1CCN(C(=O)c2ccc(OC)c3ccccc23)C1.Cl. The van der Waals surface area contributed by atoms with Gasteiger partial charge in [0, 0.05) is 24.0 Å². The average Bonchev–Trinajstić information content (AvgIpc) is 3.02. The van der Waals surface area contributed by atoms with E-state index in [4.69, 9.17) is 4.74 Å². The monoisotopic (exact) mass is 334 g/mol. The smallest absolute Gasteiger partial charge is 0.254 e. The number of carbonyl (C=O) groups excluding carboxylic acids is 1. The van der Waals surface area contributed by atoms with Crippen LogP contribution >= 0.6 is 12.4 Å². The van der Waals surface area contributed by atoms with Gasteiger partial charge in [-0.15, -0.1) is 12.4 Å². The Bertz CT molecular complexity index is 690. The van der Waals surface area contributed by atoms with Gasteiger partial charge in [0.1, 0.15) is 5.75 Å². The van der Waals surface area contributed by atoms with Crippen LogP contribution in [0.1, 0.15) is 16.8 Å². The molecule has 23 heavy (non-hydrogen) atoms. The van der Waals surface area contributed by atoms with Gasteiger partial charge in [0.15, 0.2) is 0 Å². The Balaban J connectivity index is 0.00000192. The molecule has 1 aliphatic heterocycles. The van der Waals surface area contributed by atoms with Crippen LogP contribution < -0.4 is 10.1 Å². The van der Waals surface area contributed by atoms with E-state index < -0.39 is 0 Å². The van der Waals surface area contributed by atoms with E-state index in [1.165, 1.54) is 0 Å². The number of fused-ring (bicyclic) bond motifs is 1. The van der Waals surface area contributed by atoms with Crippen molar-refractivity contribution in [2.45, 2.75) is 6.42 Å². The summed E-state index contributed by atoms with van der Waals surface area (Å²) in [4.78, 5) is 14.8. The van der Waals surface area contributed by atoms with E-state index >= 15 is 0 Å². The maximum atomic E-state index is 12.9. The highest BCUT2D eigenvalue weighted by molar-refractivity contribution is 6.08. The number of amides is 1. The van der Waals surface area contributed by atoms with Gasteiger partial charge in [-0.2, -0.15) is 0 Å². The third-order valence-electron chi connectivity index (χ3n) is 4.40. The lowest BCUT2D eigenvalue weighted by Crippen LogP contribution is -2.30. The molecule has 0 spiro atoms. The van der Waals surface area contributed by atoms with Crippen LogP contribution in [0.5, 0.6) is 5.75 Å². The van der Waals surface area contributed by atoms with Gasteiger partial charge in [0.2, 0.25) is 0 Å². The second-order valence-corrected chi connectivity index (χ2v) is 5.82. The van der Waals surface area contributed by atoms with E-state index in [0.29, 0.717) is 5.92 Å². The molecule has 0 bridgehead atoms. The van der Waals surface area contributed by atoms with E-state index in [2.05, 4.69) is 5.32 Å². The molecule has 1 N–H and O–H groups in total. The number of likely N-dealkylation sites (tertiary alicyclic amines) is 1. The van der Waals surface area contributed by atoms with Crippen LogP contribution in [0.15, 0.2) is 36.4 Å². The Labute approximate surface area is 143 Å². The standard InChI is InChI=1S/C18H22N2O2.ClH/c1-19-11-13-9-10-20(12-13)18(21)16-7-8-17(22-2)15-6-4-3-5-14(15)16;/h3-8,13,19H,9-12H2,1-2H3;1H. The molecule has 1 atom stereocenters. The van der Waals surface area contributed by atoms with Crippen molar-refractivity contribution in [1.29, 1.82) is 0 Å². The maximum absolute atomic E-state index is 12.9. The molecule has 1 heterocycles. The first-order chi connectivity index (χ1) is 10.7. The zero-order valence-corrected chi connectivity index (χ0v) is 14.4. The van der Waals surface area contributed by atoms with Crippen LogP contribution in [0.3, 0.4) is 0 Å². The molecule has 0 radical (unpaired) electrons. The summed E-state index contributed by atoms with van der Waals surface area (Å²) in [6, 6.07) is 11.7. The molecule has 1 fully saturated rings. The predicted molar refractivity (Wildman–Crippen MR) is 95.7 cm³/mol. The quantitative estimate of drug-likeness (QED) is 0.934. The number of nitrogens with one attached hydrogen (secondary N) is 1. The highest BCUT2D eigenvalue weighted by Gasteiger charge is 2.27. The minimum atomic E-state index is 0. The van der Waals surface area contributed by atoms with Crippen molar-refractivity contribution in [1.82, 2.24) is 10.2 Å². The van der Waals surface area contributed by atoms with Gasteiger partial charge in [0.05, 0.1) is 7.11 Å². The highest BCUT2D eigenvalue weighted by Crippen LogP contribution is 2.30. The Morgan fingerprint density at radius 2 is 2.00 bits per heavy atom. The number of ether oxygens (including phenoxy) is 1. The molecular formula is C18H23ClN2O2. The van der Waals surface area contributed by atoms with Crippen LogP contribution in [-0.2, 0) is 0 Å². The third-order valence-corrected chi connectivity index (χ3v) is 4.40. The van der Waals surface area contributed by atoms with Crippen LogP contribution in [-0.4, -0.2) is 44.6 Å². The third kappa shape index (κ3) is 3.43. The van der Waals surface area contributed by atoms with E-state index in [1.807, 2.05) is 48.3 Å². The van der Waals surface area contributed by atoms with Crippen LogP contribution in [0.2, 0.25) is 0 Å². The van der Waals surface area contributed by atoms with Crippen molar-refractivity contribution in [3.05, 3.63) is 42.0 Å². The topological polar surface area (TPSA) is 41.6 Å². The largest absolute Gasteiger partial charge is 0.496 e. The Kier molecular flexibility index (Phi) is 5.85. The summed E-state index contributed by atoms with van der Waals surface area (Å²) < 4.78 is 5.40. The van der Waals surface area contributed by atoms with Gasteiger partial charge in [-0.25, -0.2) is 0 Å². The number of methoxy groups -OCH3 is 1. The summed E-state index contributed by atoms with van der Waals surface area (Å²) in [6.07, 6.45) is 1.07. The molecule has 1 saturated heterocycles. The zero-order valence-electron chi connectivity index (χ0n) is 13.5. The molecule has 3 rings (SSSR count). The van der Waals surface area contributed by atoms with Crippen LogP contribution in [0, 0.1) is 5.92 Å². The fraction of sp³-hybridized carbons (Fsp3) is 0.389. The first-order valence-corrected chi connectivity index (χ1v) is 7.74. The average molecular weight is 335 g/mol. The number of hydrogen-bond acceptors (Lipinski definition) is 3. The molecule has 1 unspecified atom stereocenters. The minimum Gasteiger partial charge on any atom is -0.496 e. The fourth-order valence-electron chi connectivity index (χ4n) is 3.28. The molecule has 1 amide bonds. The van der Waals surface area contributed by atoms with Crippen molar-refractivity contribution in [3.63, 3.8) is 0 Å². The molecule has 5 heteroatoms. The molecule has 2 aromatic rings. The summed E-state index contributed by atoms with van der Waals surface area (Å²) >= 11 is 0. The van der Waals surface area contributed by atoms with Gasteiger partial charge in [-0.1, -0.05) is 24.3 Å². The van der Waals surface area contributed by atoms with Gasteiger partial charge in [-0.3, -0.25) is 4.79 Å². The van der Waals surface area contributed by atoms with Crippen molar-refractivity contribution in [2.24, 2.45) is 5.92 Å². The molecule has 2 aromatic carbocycles. The number of halogens is 1. The zero-order chi connectivity index (χ0) is 15.5. The lowest BCUT2D eigenvalue weighted by Gasteiger charge is -2.18. The Morgan fingerprint density at radius 1 is 1.26 bits per heavy atom. The Morgan fingerprint density at radius 3 is 2.70 bits per heavy atom. The summed E-state index contributed by atoms with van der Waals surface area (Å²) in [6.45, 7) is 2.64. The summed E-state index contributed by atoms with van der Waals surface area (Å²) in [5, 5.41) is 5.15. The molecule has 124 valence electrons.